The van der Waals surface area contributed by atoms with Crippen molar-refractivity contribution in [3.8, 4) is 16.9 Å². The Morgan fingerprint density at radius 1 is 1.17 bits per heavy atom. The van der Waals surface area contributed by atoms with Gasteiger partial charge in [-0.25, -0.2) is 0 Å². The first kappa shape index (κ1) is 19.3. The third-order valence-electron chi connectivity index (χ3n) is 4.94. The first-order valence-electron chi connectivity index (χ1n) is 9.70. The number of amides is 1. The molecule has 4 rings (SSSR count). The van der Waals surface area contributed by atoms with Crippen molar-refractivity contribution in [1.29, 1.82) is 0 Å². The van der Waals surface area contributed by atoms with Gasteiger partial charge in [-0.15, -0.1) is 0 Å². The number of carbonyl (C=O) groups is 1. The zero-order valence-corrected chi connectivity index (χ0v) is 16.7. The maximum Gasteiger partial charge on any atom is 0.251 e. The summed E-state index contributed by atoms with van der Waals surface area (Å²) >= 11 is 1.69. The van der Waals surface area contributed by atoms with E-state index in [0.717, 1.165) is 17.8 Å². The molecule has 2 aromatic carbocycles. The predicted octanol–water partition coefficient (Wildman–Crippen LogP) is 4.43. The van der Waals surface area contributed by atoms with Crippen molar-refractivity contribution in [1.82, 2.24) is 10.0 Å². The quantitative estimate of drug-likeness (QED) is 0.487. The van der Waals surface area contributed by atoms with Gasteiger partial charge in [0.05, 0.1) is 11.2 Å². The molecule has 0 aromatic heterocycles. The molecule has 152 valence electrons. The van der Waals surface area contributed by atoms with Crippen molar-refractivity contribution in [3.63, 3.8) is 0 Å². The topological polar surface area (TPSA) is 73.7 Å². The fraction of sp³-hybridized carbons (Fsp3) is 0.217. The van der Waals surface area contributed by atoms with E-state index in [4.69, 9.17) is 0 Å². The number of amidine groups is 1. The monoisotopic (exact) mass is 409 g/mol. The van der Waals surface area contributed by atoms with Crippen LogP contribution in [0.25, 0.3) is 11.1 Å². The Balaban J connectivity index is 0.00000171. The summed E-state index contributed by atoms with van der Waals surface area (Å²) in [5.41, 5.74) is 2.11. The van der Waals surface area contributed by atoms with Gasteiger partial charge in [0.15, 0.2) is 0 Å². The van der Waals surface area contributed by atoms with E-state index >= 15 is 0 Å². The molecule has 1 fully saturated rings. The van der Waals surface area contributed by atoms with Gasteiger partial charge in [0.2, 0.25) is 0 Å². The number of fused-ring (bicyclic) bond motifs is 1. The number of hydrogen-bond donors (Lipinski definition) is 3. The molecular formula is C23H27N3O2S. The maximum absolute atomic E-state index is 12.5. The molecule has 1 aliphatic heterocycles. The van der Waals surface area contributed by atoms with Crippen LogP contribution in [0.2, 0.25) is 0 Å². The smallest absolute Gasteiger partial charge is 0.251 e. The fourth-order valence-corrected chi connectivity index (χ4v) is 4.40. The van der Waals surface area contributed by atoms with Crippen molar-refractivity contribution in [3.05, 3.63) is 78.4 Å². The molecule has 0 bridgehead atoms. The molecule has 29 heavy (non-hydrogen) atoms. The number of aliphatic imine (C=N–C) groups is 1. The van der Waals surface area contributed by atoms with Crippen molar-refractivity contribution in [2.24, 2.45) is 10.9 Å². The summed E-state index contributed by atoms with van der Waals surface area (Å²) in [5.74, 6) is 1.43. The van der Waals surface area contributed by atoms with Gasteiger partial charge in [-0.2, -0.15) is 0 Å². The minimum atomic E-state index is -0.120. The van der Waals surface area contributed by atoms with Crippen molar-refractivity contribution < 1.29 is 12.8 Å². The second kappa shape index (κ2) is 9.01. The molecule has 0 saturated carbocycles. The van der Waals surface area contributed by atoms with E-state index < -0.39 is 0 Å². The van der Waals surface area contributed by atoms with Crippen LogP contribution in [0.4, 0.5) is 0 Å². The number of carbonyl (C=O) groups excluding carboxylic acids is 1. The van der Waals surface area contributed by atoms with Crippen LogP contribution in [0.5, 0.6) is 5.75 Å². The summed E-state index contributed by atoms with van der Waals surface area (Å²) < 4.78 is 3.31. The third-order valence-corrected chi connectivity index (χ3v) is 5.99. The molecule has 1 amide bonds. The first-order chi connectivity index (χ1) is 14.2. The van der Waals surface area contributed by atoms with Crippen LogP contribution in [0.15, 0.2) is 77.8 Å². The van der Waals surface area contributed by atoms with Gasteiger partial charge >= 0.3 is 0 Å². The molecule has 6 heteroatoms. The molecule has 2 aromatic rings. The lowest BCUT2D eigenvalue weighted by atomic mass is 9.99. The van der Waals surface area contributed by atoms with Crippen LogP contribution in [0, 0.1) is 5.92 Å². The Bertz CT molecular complexity index is 994. The van der Waals surface area contributed by atoms with Crippen LogP contribution < -0.4 is 10.0 Å². The van der Waals surface area contributed by atoms with E-state index in [-0.39, 0.29) is 14.5 Å². The molecule has 1 saturated heterocycles. The third kappa shape index (κ3) is 4.54. The molecule has 1 heterocycles. The second-order valence-corrected chi connectivity index (χ2v) is 7.94. The molecule has 0 radical (unpaired) electrons. The van der Waals surface area contributed by atoms with Crippen molar-refractivity contribution in [2.75, 3.05) is 13.1 Å². The summed E-state index contributed by atoms with van der Waals surface area (Å²) in [6.07, 6.45) is 9.28. The van der Waals surface area contributed by atoms with Gasteiger partial charge < -0.3 is 15.1 Å². The number of aromatic hydroxyl groups is 1. The SMILES string of the molecule is O=C(NCCCN=C1NSC2C=CC=CC12)c1cccc(-c2ccccc2O)c1.[HH].[HH]. The van der Waals surface area contributed by atoms with E-state index in [0.29, 0.717) is 35.4 Å². The second-order valence-electron chi connectivity index (χ2n) is 6.95. The summed E-state index contributed by atoms with van der Waals surface area (Å²) in [6.45, 7) is 1.23. The number of nitrogens with zero attached hydrogens (tertiary/aromatic N) is 1. The fourth-order valence-electron chi connectivity index (χ4n) is 3.41. The maximum atomic E-state index is 12.5. The van der Waals surface area contributed by atoms with E-state index in [1.165, 1.54) is 0 Å². The van der Waals surface area contributed by atoms with Crippen LogP contribution in [-0.4, -0.2) is 35.2 Å². The molecule has 0 spiro atoms. The largest absolute Gasteiger partial charge is 0.507 e. The molecule has 2 atom stereocenters. The molecule has 3 N–H and O–H groups in total. The Morgan fingerprint density at radius 2 is 2.03 bits per heavy atom. The molecule has 2 aliphatic rings. The molecular weight excluding hydrogens is 382 g/mol. The Kier molecular flexibility index (Phi) is 6.00. The van der Waals surface area contributed by atoms with Gasteiger partial charge in [-0.3, -0.25) is 9.79 Å². The van der Waals surface area contributed by atoms with Gasteiger partial charge in [-0.1, -0.05) is 54.6 Å². The van der Waals surface area contributed by atoms with Crippen LogP contribution >= 0.6 is 11.9 Å². The lowest BCUT2D eigenvalue weighted by Gasteiger charge is -2.12. The number of rotatable bonds is 6. The highest BCUT2D eigenvalue weighted by Gasteiger charge is 2.30. The van der Waals surface area contributed by atoms with E-state index in [2.05, 4.69) is 39.3 Å². The normalized spacial score (nSPS) is 21.0. The number of phenols is 1. The average molecular weight is 410 g/mol. The minimum Gasteiger partial charge on any atom is -0.507 e. The van der Waals surface area contributed by atoms with Crippen LogP contribution in [0.1, 0.15) is 19.6 Å². The Labute approximate surface area is 177 Å². The van der Waals surface area contributed by atoms with E-state index in [1.807, 2.05) is 24.3 Å². The minimum absolute atomic E-state index is 0. The number of phenolic OH excluding ortho intramolecular Hbond substituents is 1. The van der Waals surface area contributed by atoms with E-state index in [1.54, 1.807) is 36.2 Å². The number of hydrogen-bond acceptors (Lipinski definition) is 4. The summed E-state index contributed by atoms with van der Waals surface area (Å²) in [5, 5.41) is 13.4. The van der Waals surface area contributed by atoms with E-state index in [9.17, 15) is 9.90 Å². The highest BCUT2D eigenvalue weighted by molar-refractivity contribution is 7.99. The van der Waals surface area contributed by atoms with Gasteiger partial charge in [0, 0.05) is 27.1 Å². The van der Waals surface area contributed by atoms with Crippen LogP contribution in [0.3, 0.4) is 0 Å². The number of benzene rings is 2. The molecule has 5 nitrogen and oxygen atoms in total. The lowest BCUT2D eigenvalue weighted by Crippen LogP contribution is -2.25. The highest BCUT2D eigenvalue weighted by atomic mass is 32.2. The summed E-state index contributed by atoms with van der Waals surface area (Å²) in [6, 6.07) is 14.4. The van der Waals surface area contributed by atoms with Gasteiger partial charge in [0.1, 0.15) is 11.6 Å². The molecule has 1 aliphatic carbocycles. The van der Waals surface area contributed by atoms with Gasteiger partial charge in [0.25, 0.3) is 5.91 Å². The van der Waals surface area contributed by atoms with Crippen molar-refractivity contribution >= 4 is 23.7 Å². The summed E-state index contributed by atoms with van der Waals surface area (Å²) in [7, 11) is 0. The predicted molar refractivity (Wildman–Crippen MR) is 123 cm³/mol. The zero-order chi connectivity index (χ0) is 20.1. The standard InChI is InChI=1S/C23H23N3O2S.2H2/c27-20-11-3-1-9-18(20)16-7-5-8-17(15-16)23(28)25-14-6-13-24-22-19-10-2-4-12-21(19)29-26-22;;/h1-5,7-12,15,19,21,27H,6,13-14H2,(H,24,26)(H,25,28);2*1H. The Hall–Kier alpha value is -2.99. The van der Waals surface area contributed by atoms with Crippen molar-refractivity contribution in [2.45, 2.75) is 11.7 Å². The zero-order valence-electron chi connectivity index (χ0n) is 15.9. The summed E-state index contributed by atoms with van der Waals surface area (Å²) in [4.78, 5) is 17.1. The van der Waals surface area contributed by atoms with Crippen LogP contribution in [-0.2, 0) is 0 Å². The number of para-hydroxylation sites is 1. The van der Waals surface area contributed by atoms with Gasteiger partial charge in [-0.05, 0) is 42.1 Å². The Morgan fingerprint density at radius 3 is 2.93 bits per heavy atom. The lowest BCUT2D eigenvalue weighted by molar-refractivity contribution is 0.0953. The average Bonchev–Trinajstić information content (AvgIpc) is 3.17. The highest BCUT2D eigenvalue weighted by Crippen LogP contribution is 2.31. The molecule has 2 unspecified atom stereocenters. The number of allylic oxidation sites excluding steroid dienone is 2. The number of nitrogens with one attached hydrogen (secondary N) is 2. The first-order valence-corrected chi connectivity index (χ1v) is 10.6.